The summed E-state index contributed by atoms with van der Waals surface area (Å²) in [4.78, 5) is 54.8. The summed E-state index contributed by atoms with van der Waals surface area (Å²) in [5.74, 6) is -1.52. The number of nitrogens with zero attached hydrogens (tertiary/aromatic N) is 2. The predicted molar refractivity (Wildman–Crippen MR) is 108 cm³/mol. The topological polar surface area (TPSA) is 93.2 Å². The van der Waals surface area contributed by atoms with Crippen molar-refractivity contribution in [3.8, 4) is 11.5 Å². The number of carbonyl (C=O) groups is 4. The van der Waals surface area contributed by atoms with Gasteiger partial charge in [-0.2, -0.15) is 0 Å². The maximum Gasteiger partial charge on any atom is 0.265 e. The fourth-order valence-corrected chi connectivity index (χ4v) is 4.21. The Hall–Kier alpha value is -3.42. The molecule has 0 saturated heterocycles. The van der Waals surface area contributed by atoms with Crippen LogP contribution in [0.4, 0.5) is 0 Å². The third kappa shape index (κ3) is 2.46. The number of rotatable bonds is 6. The van der Waals surface area contributed by atoms with Crippen molar-refractivity contribution < 1.29 is 28.7 Å². The largest absolute Gasteiger partial charge is 0.493 e. The van der Waals surface area contributed by atoms with Crippen molar-refractivity contribution in [1.29, 1.82) is 0 Å². The highest BCUT2D eigenvalue weighted by Gasteiger charge is 2.42. The van der Waals surface area contributed by atoms with Crippen molar-refractivity contribution in [2.24, 2.45) is 0 Å². The molecule has 0 saturated carbocycles. The van der Waals surface area contributed by atoms with Gasteiger partial charge in [-0.3, -0.25) is 29.0 Å². The standard InChI is InChI=1S/C22H22N2O6/c1-5-23-19(25)11-9-14(30-8-4)18-16-12(20(26)24(6-2)22(18)28)10-13(29-7-3)17(15(11)16)21(23)27/h9-10H,5-8H2,1-4H3. The molecule has 0 fully saturated rings. The van der Waals surface area contributed by atoms with E-state index < -0.39 is 23.6 Å². The molecule has 2 aliphatic rings. The second-order valence-corrected chi connectivity index (χ2v) is 6.92. The van der Waals surface area contributed by atoms with Gasteiger partial charge in [-0.1, -0.05) is 0 Å². The molecule has 8 nitrogen and oxygen atoms in total. The molecule has 0 bridgehead atoms. The fraction of sp³-hybridized carbons (Fsp3) is 0.364. The lowest BCUT2D eigenvalue weighted by atomic mass is 9.84. The van der Waals surface area contributed by atoms with Crippen molar-refractivity contribution in [2.45, 2.75) is 27.7 Å². The molecule has 2 heterocycles. The van der Waals surface area contributed by atoms with Gasteiger partial charge in [0.2, 0.25) is 0 Å². The first-order valence-corrected chi connectivity index (χ1v) is 10.1. The lowest BCUT2D eigenvalue weighted by Gasteiger charge is -2.33. The van der Waals surface area contributed by atoms with Crippen LogP contribution in [0.1, 0.15) is 69.1 Å². The van der Waals surface area contributed by atoms with Crippen LogP contribution in [0.2, 0.25) is 0 Å². The summed E-state index contributed by atoms with van der Waals surface area (Å²) in [5.41, 5.74) is 0.841. The van der Waals surface area contributed by atoms with Gasteiger partial charge in [0.25, 0.3) is 23.6 Å². The minimum absolute atomic E-state index is 0.180. The minimum Gasteiger partial charge on any atom is -0.493 e. The van der Waals surface area contributed by atoms with Gasteiger partial charge < -0.3 is 9.47 Å². The van der Waals surface area contributed by atoms with Crippen LogP contribution in [-0.2, 0) is 0 Å². The van der Waals surface area contributed by atoms with Crippen LogP contribution in [0.5, 0.6) is 11.5 Å². The first-order chi connectivity index (χ1) is 14.4. The van der Waals surface area contributed by atoms with Crippen molar-refractivity contribution in [3.63, 3.8) is 0 Å². The highest BCUT2D eigenvalue weighted by atomic mass is 16.5. The average molecular weight is 410 g/mol. The lowest BCUT2D eigenvalue weighted by molar-refractivity contribution is 0.0593. The predicted octanol–water partition coefficient (Wildman–Crippen LogP) is 2.87. The molecular weight excluding hydrogens is 388 g/mol. The highest BCUT2D eigenvalue weighted by molar-refractivity contribution is 6.34. The fourth-order valence-electron chi connectivity index (χ4n) is 4.21. The molecule has 0 N–H and O–H groups in total. The Labute approximate surface area is 173 Å². The maximum absolute atomic E-state index is 13.2. The first-order valence-electron chi connectivity index (χ1n) is 10.1. The third-order valence-corrected chi connectivity index (χ3v) is 5.43. The highest BCUT2D eigenvalue weighted by Crippen LogP contribution is 2.45. The number of hydrogen-bond acceptors (Lipinski definition) is 6. The molecule has 2 aliphatic heterocycles. The first kappa shape index (κ1) is 19.9. The minimum atomic E-state index is -0.502. The summed E-state index contributed by atoms with van der Waals surface area (Å²) in [5, 5.41) is 0.568. The molecule has 8 heteroatoms. The maximum atomic E-state index is 13.2. The Kier molecular flexibility index (Phi) is 4.72. The van der Waals surface area contributed by atoms with Crippen molar-refractivity contribution >= 4 is 34.4 Å². The van der Waals surface area contributed by atoms with Crippen LogP contribution in [0.15, 0.2) is 12.1 Å². The second-order valence-electron chi connectivity index (χ2n) is 6.92. The zero-order valence-electron chi connectivity index (χ0n) is 17.3. The van der Waals surface area contributed by atoms with Gasteiger partial charge in [0.15, 0.2) is 0 Å². The molecule has 4 rings (SSSR count). The average Bonchev–Trinajstić information content (AvgIpc) is 2.72. The van der Waals surface area contributed by atoms with Crippen LogP contribution < -0.4 is 9.47 Å². The SMILES string of the molecule is CCOc1cc2c3c(c(OCC)cc4c3c1C(=O)N(CC)C4=O)C(=O)N(CC)C2=O. The normalized spacial score (nSPS) is 15.3. The summed E-state index contributed by atoms with van der Waals surface area (Å²) in [6.45, 7) is 7.86. The van der Waals surface area contributed by atoms with E-state index in [1.54, 1.807) is 27.7 Å². The Morgan fingerprint density at radius 2 is 1.00 bits per heavy atom. The Balaban J connectivity index is 2.23. The lowest BCUT2D eigenvalue weighted by Crippen LogP contribution is -2.43. The summed E-state index contributed by atoms with van der Waals surface area (Å²) in [6, 6.07) is 3.01. The molecule has 2 aromatic rings. The molecule has 0 unspecified atom stereocenters. The molecule has 0 radical (unpaired) electrons. The van der Waals surface area contributed by atoms with Crippen LogP contribution in [0.3, 0.4) is 0 Å². The summed E-state index contributed by atoms with van der Waals surface area (Å²) < 4.78 is 11.4. The van der Waals surface area contributed by atoms with Crippen LogP contribution >= 0.6 is 0 Å². The summed E-state index contributed by atoms with van der Waals surface area (Å²) >= 11 is 0. The molecule has 0 aliphatic carbocycles. The molecule has 0 aromatic heterocycles. The second kappa shape index (κ2) is 7.12. The molecule has 0 spiro atoms. The van der Waals surface area contributed by atoms with E-state index in [1.807, 2.05) is 0 Å². The zero-order valence-corrected chi connectivity index (χ0v) is 17.3. The Morgan fingerprint density at radius 1 is 0.633 bits per heavy atom. The van der Waals surface area contributed by atoms with E-state index in [0.717, 1.165) is 9.80 Å². The van der Waals surface area contributed by atoms with Gasteiger partial charge in [0.1, 0.15) is 11.5 Å². The van der Waals surface area contributed by atoms with Gasteiger partial charge in [0, 0.05) is 23.9 Å². The number of ether oxygens (including phenoxy) is 2. The van der Waals surface area contributed by atoms with E-state index in [0.29, 0.717) is 0 Å². The van der Waals surface area contributed by atoms with Gasteiger partial charge in [0.05, 0.1) is 35.5 Å². The summed E-state index contributed by atoms with van der Waals surface area (Å²) in [6.07, 6.45) is 0. The number of hydrogen-bond donors (Lipinski definition) is 0. The van der Waals surface area contributed by atoms with E-state index in [9.17, 15) is 19.2 Å². The van der Waals surface area contributed by atoms with E-state index >= 15 is 0 Å². The smallest absolute Gasteiger partial charge is 0.265 e. The van der Waals surface area contributed by atoms with Crippen LogP contribution in [0.25, 0.3) is 10.8 Å². The monoisotopic (exact) mass is 410 g/mol. The third-order valence-electron chi connectivity index (χ3n) is 5.43. The van der Waals surface area contributed by atoms with Gasteiger partial charge in [-0.05, 0) is 39.8 Å². The molecule has 156 valence electrons. The molecular formula is C22H22N2O6. The van der Waals surface area contributed by atoms with Crippen molar-refractivity contribution in [3.05, 3.63) is 34.4 Å². The Morgan fingerprint density at radius 3 is 1.30 bits per heavy atom. The van der Waals surface area contributed by atoms with Crippen molar-refractivity contribution in [1.82, 2.24) is 9.80 Å². The van der Waals surface area contributed by atoms with Crippen LogP contribution in [0, 0.1) is 0 Å². The number of amides is 4. The van der Waals surface area contributed by atoms with E-state index in [4.69, 9.17) is 9.47 Å². The number of benzene rings is 2. The number of imide groups is 2. The van der Waals surface area contributed by atoms with E-state index in [1.165, 1.54) is 12.1 Å². The Bertz CT molecular complexity index is 1050. The molecule has 30 heavy (non-hydrogen) atoms. The van der Waals surface area contributed by atoms with Crippen molar-refractivity contribution in [2.75, 3.05) is 26.3 Å². The number of carbonyl (C=O) groups excluding carboxylic acids is 4. The zero-order chi connectivity index (χ0) is 21.7. The summed E-state index contributed by atoms with van der Waals surface area (Å²) in [7, 11) is 0. The molecule has 0 atom stereocenters. The van der Waals surface area contributed by atoms with Gasteiger partial charge in [-0.15, -0.1) is 0 Å². The molecule has 2 aromatic carbocycles. The molecule has 4 amide bonds. The van der Waals surface area contributed by atoms with Gasteiger partial charge >= 0.3 is 0 Å². The van der Waals surface area contributed by atoms with E-state index in [2.05, 4.69) is 0 Å². The van der Waals surface area contributed by atoms with E-state index in [-0.39, 0.29) is 70.8 Å². The van der Waals surface area contributed by atoms with Gasteiger partial charge in [-0.25, -0.2) is 0 Å². The van der Waals surface area contributed by atoms with Crippen LogP contribution in [-0.4, -0.2) is 59.7 Å². The quantitative estimate of drug-likeness (QED) is 0.680.